The van der Waals surface area contributed by atoms with Gasteiger partial charge in [0.25, 0.3) is 5.89 Å². The first kappa shape index (κ1) is 24.8. The van der Waals surface area contributed by atoms with Gasteiger partial charge in [0.1, 0.15) is 17.2 Å². The lowest BCUT2D eigenvalue weighted by Crippen LogP contribution is -2.29. The molecule has 0 radical (unpaired) electrons. The van der Waals surface area contributed by atoms with Crippen molar-refractivity contribution in [3.05, 3.63) is 41.5 Å². The topological polar surface area (TPSA) is 115 Å². The summed E-state index contributed by atoms with van der Waals surface area (Å²) in [6.45, 7) is 2.10. The van der Waals surface area contributed by atoms with E-state index in [4.69, 9.17) is 13.9 Å². The van der Waals surface area contributed by atoms with E-state index in [1.54, 1.807) is 13.0 Å². The number of aromatic amines is 1. The van der Waals surface area contributed by atoms with E-state index in [1.807, 2.05) is 0 Å². The fourth-order valence-corrected chi connectivity index (χ4v) is 4.39. The van der Waals surface area contributed by atoms with Crippen molar-refractivity contribution in [3.8, 4) is 17.5 Å². The van der Waals surface area contributed by atoms with Gasteiger partial charge in [-0.25, -0.2) is 22.5 Å². The second-order valence-corrected chi connectivity index (χ2v) is 8.80. The van der Waals surface area contributed by atoms with Gasteiger partial charge in [-0.3, -0.25) is 4.79 Å². The molecule has 2 aromatic heterocycles. The molecule has 1 atom stereocenters. The summed E-state index contributed by atoms with van der Waals surface area (Å²) in [5.74, 6) is -4.39. The van der Waals surface area contributed by atoms with Crippen molar-refractivity contribution in [2.45, 2.75) is 51.2 Å². The van der Waals surface area contributed by atoms with Crippen molar-refractivity contribution in [1.82, 2.24) is 20.2 Å². The van der Waals surface area contributed by atoms with Gasteiger partial charge >= 0.3 is 12.0 Å². The van der Waals surface area contributed by atoms with Gasteiger partial charge in [-0.15, -0.1) is 5.10 Å². The van der Waals surface area contributed by atoms with Gasteiger partial charge in [0.15, 0.2) is 23.2 Å². The van der Waals surface area contributed by atoms with Gasteiger partial charge in [-0.05, 0) is 44.7 Å². The minimum Gasteiger partial charge on any atom is -0.487 e. The Bertz CT molecular complexity index is 1380. The van der Waals surface area contributed by atoms with E-state index in [0.29, 0.717) is 43.9 Å². The molecule has 0 saturated heterocycles. The fraction of sp³-hybridized carbons (Fsp3) is 0.417. The molecule has 37 heavy (non-hydrogen) atoms. The molecule has 2 heterocycles. The number of fused-ring (bicyclic) bond motifs is 1. The molecule has 3 aromatic rings. The molecular formula is C24H23F4N5O4. The Hall–Kier alpha value is -3.90. The number of aromatic nitrogens is 4. The first-order chi connectivity index (χ1) is 17.8. The summed E-state index contributed by atoms with van der Waals surface area (Å²) in [4.78, 5) is 19.0. The third-order valence-electron chi connectivity index (χ3n) is 6.31. The quantitative estimate of drug-likeness (QED) is 0.312. The molecule has 1 fully saturated rings. The largest absolute Gasteiger partial charge is 0.487 e. The van der Waals surface area contributed by atoms with Crippen molar-refractivity contribution >= 4 is 23.0 Å². The van der Waals surface area contributed by atoms with Crippen LogP contribution in [0.3, 0.4) is 0 Å². The highest BCUT2D eigenvalue weighted by molar-refractivity contribution is 5.80. The molecule has 0 aliphatic heterocycles. The number of nitrogens with zero attached hydrogens (tertiary/aromatic N) is 3. The van der Waals surface area contributed by atoms with Crippen LogP contribution in [0.4, 0.5) is 23.6 Å². The van der Waals surface area contributed by atoms with E-state index in [-0.39, 0.29) is 47.0 Å². The number of H-pyrrole nitrogens is 1. The third-order valence-corrected chi connectivity index (χ3v) is 6.31. The number of anilines is 1. The van der Waals surface area contributed by atoms with Gasteiger partial charge < -0.3 is 24.2 Å². The van der Waals surface area contributed by atoms with E-state index < -0.39 is 35.8 Å². The maximum atomic E-state index is 15.2. The number of allylic oxidation sites excluding steroid dienone is 2. The number of nitrogens with one attached hydrogen (secondary N) is 2. The van der Waals surface area contributed by atoms with Crippen molar-refractivity contribution in [3.63, 3.8) is 0 Å². The number of esters is 1. The van der Waals surface area contributed by atoms with Crippen molar-refractivity contribution in [1.29, 1.82) is 0 Å². The molecule has 13 heteroatoms. The van der Waals surface area contributed by atoms with E-state index in [0.717, 1.165) is 0 Å². The number of halogens is 4. The molecule has 2 aliphatic carbocycles. The minimum absolute atomic E-state index is 0.00985. The number of benzene rings is 1. The van der Waals surface area contributed by atoms with Crippen LogP contribution in [0.25, 0.3) is 22.7 Å². The first-order valence-corrected chi connectivity index (χ1v) is 11.9. The second kappa shape index (κ2) is 10.2. The molecule has 196 valence electrons. The van der Waals surface area contributed by atoms with E-state index >= 15 is 4.39 Å². The molecule has 1 unspecified atom stereocenters. The van der Waals surface area contributed by atoms with Gasteiger partial charge in [0.2, 0.25) is 0 Å². The van der Waals surface area contributed by atoms with Crippen LogP contribution in [-0.4, -0.2) is 44.9 Å². The molecule has 1 saturated carbocycles. The van der Waals surface area contributed by atoms with Crippen LogP contribution in [-0.2, 0) is 9.53 Å². The molecule has 2 N–H and O–H groups in total. The maximum Gasteiger partial charge on any atom is 0.316 e. The Morgan fingerprint density at radius 3 is 2.70 bits per heavy atom. The molecule has 9 nitrogen and oxygen atoms in total. The Morgan fingerprint density at radius 2 is 1.95 bits per heavy atom. The molecular weight excluding hydrogens is 498 g/mol. The van der Waals surface area contributed by atoms with Gasteiger partial charge in [-0.2, -0.15) is 0 Å². The van der Waals surface area contributed by atoms with Crippen molar-refractivity contribution in [2.24, 2.45) is 5.92 Å². The molecule has 0 amide bonds. The summed E-state index contributed by atoms with van der Waals surface area (Å²) < 4.78 is 72.2. The summed E-state index contributed by atoms with van der Waals surface area (Å²) in [7, 11) is 0. The number of carbonyl (C=O) groups excluding carboxylic acids is 1. The predicted molar refractivity (Wildman–Crippen MR) is 123 cm³/mol. The van der Waals surface area contributed by atoms with Gasteiger partial charge in [0.05, 0.1) is 30.2 Å². The first-order valence-electron chi connectivity index (χ1n) is 11.9. The lowest BCUT2D eigenvalue weighted by Gasteiger charge is -2.27. The Labute approximate surface area is 207 Å². The number of imidazole rings is 1. The van der Waals surface area contributed by atoms with E-state index in [1.165, 1.54) is 6.07 Å². The van der Waals surface area contributed by atoms with Crippen LogP contribution in [0, 0.1) is 11.7 Å². The average molecular weight is 521 g/mol. The lowest BCUT2D eigenvalue weighted by molar-refractivity contribution is -0.149. The molecule has 0 bridgehead atoms. The Morgan fingerprint density at radius 1 is 1.16 bits per heavy atom. The number of rotatable bonds is 7. The highest BCUT2D eigenvalue weighted by Crippen LogP contribution is 2.33. The Balaban J connectivity index is 1.26. The summed E-state index contributed by atoms with van der Waals surface area (Å²) in [6, 6.07) is 1.61. The number of hydrogen-bond donors (Lipinski definition) is 2. The number of hydrogen-bond acceptors (Lipinski definition) is 8. The van der Waals surface area contributed by atoms with Crippen LogP contribution in [0.15, 0.2) is 40.1 Å². The third kappa shape index (κ3) is 5.16. The highest BCUT2D eigenvalue weighted by Gasteiger charge is 2.29. The fourth-order valence-electron chi connectivity index (χ4n) is 4.39. The van der Waals surface area contributed by atoms with Crippen LogP contribution in [0.2, 0.25) is 0 Å². The number of ether oxygens (including phenoxy) is 2. The van der Waals surface area contributed by atoms with Crippen LogP contribution < -0.4 is 10.1 Å². The van der Waals surface area contributed by atoms with Crippen molar-refractivity contribution < 1.29 is 36.2 Å². The second-order valence-electron chi connectivity index (χ2n) is 8.80. The van der Waals surface area contributed by atoms with Crippen LogP contribution >= 0.6 is 0 Å². The summed E-state index contributed by atoms with van der Waals surface area (Å²) >= 11 is 0. The smallest absolute Gasteiger partial charge is 0.316 e. The SMILES string of the molecule is CCOC(=O)C1CCC(Oc2ccc3[nH]c(-c4nnc(NC5CC(F)=C(F)C=C5F)o4)nc3c2F)CC1. The van der Waals surface area contributed by atoms with Crippen molar-refractivity contribution in [2.75, 3.05) is 11.9 Å². The molecule has 5 rings (SSSR count). The standard InChI is InChI=1S/C24H23F4N5O4/c1-2-35-23(34)11-3-5-12(6-4-11)36-18-8-7-16-20(19(18)28)31-21(29-16)22-32-33-24(37-22)30-17-10-14(26)13(25)9-15(17)27/h7-9,11-12,17H,2-6,10H2,1H3,(H,29,31)(H,30,33). The normalized spacial score (nSPS) is 22.2. The van der Waals surface area contributed by atoms with E-state index in [9.17, 15) is 18.0 Å². The summed E-state index contributed by atoms with van der Waals surface area (Å²) in [5, 5.41) is 10.0. The minimum atomic E-state index is -1.27. The zero-order valence-corrected chi connectivity index (χ0v) is 19.7. The zero-order chi connectivity index (χ0) is 26.1. The lowest BCUT2D eigenvalue weighted by atomic mass is 9.87. The van der Waals surface area contributed by atoms with Gasteiger partial charge in [-0.1, -0.05) is 5.10 Å². The maximum absolute atomic E-state index is 15.2. The Kier molecular flexibility index (Phi) is 6.85. The molecule has 2 aliphatic rings. The summed E-state index contributed by atoms with van der Waals surface area (Å²) in [5.41, 5.74) is 0.340. The zero-order valence-electron chi connectivity index (χ0n) is 19.7. The van der Waals surface area contributed by atoms with Gasteiger partial charge in [0, 0.05) is 12.5 Å². The monoisotopic (exact) mass is 521 g/mol. The van der Waals surface area contributed by atoms with Crippen LogP contribution in [0.5, 0.6) is 5.75 Å². The highest BCUT2D eigenvalue weighted by atomic mass is 19.2. The van der Waals surface area contributed by atoms with E-state index in [2.05, 4.69) is 25.5 Å². The number of carbonyl (C=O) groups is 1. The summed E-state index contributed by atoms with van der Waals surface area (Å²) in [6.07, 6.45) is 2.03. The average Bonchev–Trinajstić information content (AvgIpc) is 3.52. The molecule has 0 spiro atoms. The van der Waals surface area contributed by atoms with Crippen LogP contribution in [0.1, 0.15) is 39.0 Å². The molecule has 1 aromatic carbocycles. The predicted octanol–water partition coefficient (Wildman–Crippen LogP) is 5.44.